The van der Waals surface area contributed by atoms with Gasteiger partial charge in [-0.1, -0.05) is 50.3 Å². The van der Waals surface area contributed by atoms with Gasteiger partial charge in [-0.2, -0.15) is 0 Å². The minimum Gasteiger partial charge on any atom is -0.490 e. The fourth-order valence-electron chi connectivity index (χ4n) is 3.89. The van der Waals surface area contributed by atoms with Gasteiger partial charge in [0.15, 0.2) is 11.6 Å². The molecule has 3 rings (SSSR count). The quantitative estimate of drug-likeness (QED) is 0.329. The number of ether oxygens (including phenoxy) is 2. The SMILES string of the molecule is Fc1c(CC/C=C/C2CCCC2)ccc(OCCC2CCC2)c1OC(F)(F)F. The zero-order valence-electron chi connectivity index (χ0n) is 16.1. The molecular formula is C22H28F4O2. The van der Waals surface area contributed by atoms with E-state index in [2.05, 4.69) is 10.8 Å². The highest BCUT2D eigenvalue weighted by Crippen LogP contribution is 2.38. The van der Waals surface area contributed by atoms with Gasteiger partial charge < -0.3 is 9.47 Å². The first-order valence-corrected chi connectivity index (χ1v) is 10.3. The van der Waals surface area contributed by atoms with E-state index in [1.807, 2.05) is 6.08 Å². The minimum absolute atomic E-state index is 0.181. The maximum Gasteiger partial charge on any atom is 0.573 e. The van der Waals surface area contributed by atoms with Gasteiger partial charge in [0, 0.05) is 0 Å². The average molecular weight is 400 g/mol. The van der Waals surface area contributed by atoms with Crippen LogP contribution in [0.3, 0.4) is 0 Å². The Morgan fingerprint density at radius 1 is 1.04 bits per heavy atom. The largest absolute Gasteiger partial charge is 0.573 e. The Balaban J connectivity index is 1.63. The molecule has 6 heteroatoms. The predicted octanol–water partition coefficient (Wildman–Crippen LogP) is 6.97. The second-order valence-corrected chi connectivity index (χ2v) is 7.86. The monoisotopic (exact) mass is 400 g/mol. The summed E-state index contributed by atoms with van der Waals surface area (Å²) in [7, 11) is 0. The predicted molar refractivity (Wildman–Crippen MR) is 100.0 cm³/mol. The normalized spacial score (nSPS) is 18.6. The lowest BCUT2D eigenvalue weighted by Gasteiger charge is -2.25. The van der Waals surface area contributed by atoms with Gasteiger partial charge in [-0.15, -0.1) is 13.2 Å². The smallest absolute Gasteiger partial charge is 0.490 e. The molecule has 0 aliphatic heterocycles. The van der Waals surface area contributed by atoms with Gasteiger partial charge in [-0.05, 0) is 55.6 Å². The zero-order valence-corrected chi connectivity index (χ0v) is 16.1. The fourth-order valence-corrected chi connectivity index (χ4v) is 3.89. The fraction of sp³-hybridized carbons (Fsp3) is 0.636. The van der Waals surface area contributed by atoms with Crippen molar-refractivity contribution in [1.29, 1.82) is 0 Å². The van der Waals surface area contributed by atoms with Crippen LogP contribution in [0.15, 0.2) is 24.3 Å². The maximum atomic E-state index is 14.7. The molecule has 0 atom stereocenters. The van der Waals surface area contributed by atoms with Crippen molar-refractivity contribution in [1.82, 2.24) is 0 Å². The molecule has 2 aliphatic carbocycles. The number of benzene rings is 1. The second-order valence-electron chi connectivity index (χ2n) is 7.86. The number of hydrogen-bond donors (Lipinski definition) is 0. The van der Waals surface area contributed by atoms with Gasteiger partial charge in [-0.3, -0.25) is 0 Å². The van der Waals surface area contributed by atoms with Gasteiger partial charge in [0.25, 0.3) is 0 Å². The number of aryl methyl sites for hydroxylation is 1. The van der Waals surface area contributed by atoms with Gasteiger partial charge in [0.2, 0.25) is 5.75 Å². The number of allylic oxidation sites excluding steroid dienone is 2. The van der Waals surface area contributed by atoms with Crippen LogP contribution in [-0.4, -0.2) is 13.0 Å². The van der Waals surface area contributed by atoms with Crippen LogP contribution in [0.1, 0.15) is 63.4 Å². The molecule has 0 radical (unpaired) electrons. The Morgan fingerprint density at radius 3 is 2.43 bits per heavy atom. The third-order valence-corrected chi connectivity index (χ3v) is 5.76. The van der Waals surface area contributed by atoms with E-state index in [1.165, 1.54) is 44.2 Å². The molecule has 0 spiro atoms. The van der Waals surface area contributed by atoms with Crippen molar-refractivity contribution >= 4 is 0 Å². The molecule has 28 heavy (non-hydrogen) atoms. The van der Waals surface area contributed by atoms with Crippen molar-refractivity contribution in [3.05, 3.63) is 35.7 Å². The van der Waals surface area contributed by atoms with Crippen molar-refractivity contribution in [2.45, 2.75) is 70.6 Å². The highest BCUT2D eigenvalue weighted by atomic mass is 19.4. The third kappa shape index (κ3) is 6.14. The number of halogens is 4. The van der Waals surface area contributed by atoms with Crippen LogP contribution in [0, 0.1) is 17.7 Å². The van der Waals surface area contributed by atoms with Crippen LogP contribution < -0.4 is 9.47 Å². The van der Waals surface area contributed by atoms with E-state index in [9.17, 15) is 17.6 Å². The standard InChI is InChI=1S/C22H28F4O2/c23-20-18(11-4-3-8-16-6-1-2-7-16)12-13-19(21(20)28-22(24,25)26)27-15-14-17-9-5-10-17/h3,8,12-13,16-17H,1-2,4-7,9-11,14-15H2/b8-3+. The molecule has 0 bridgehead atoms. The minimum atomic E-state index is -4.96. The van der Waals surface area contributed by atoms with Crippen molar-refractivity contribution in [2.24, 2.45) is 11.8 Å². The maximum absolute atomic E-state index is 14.7. The lowest BCUT2D eigenvalue weighted by molar-refractivity contribution is -0.276. The third-order valence-electron chi connectivity index (χ3n) is 5.76. The molecule has 0 amide bonds. The molecule has 0 aromatic heterocycles. The Morgan fingerprint density at radius 2 is 1.79 bits per heavy atom. The summed E-state index contributed by atoms with van der Waals surface area (Å²) in [6.45, 7) is 0.266. The van der Waals surface area contributed by atoms with Gasteiger partial charge in [0.1, 0.15) is 0 Å². The second kappa shape index (κ2) is 9.66. The molecule has 2 aliphatic rings. The van der Waals surface area contributed by atoms with E-state index < -0.39 is 17.9 Å². The summed E-state index contributed by atoms with van der Waals surface area (Å²) in [6.07, 6.45) is 9.13. The Labute approximate surface area is 163 Å². The van der Waals surface area contributed by atoms with E-state index in [1.54, 1.807) is 0 Å². The van der Waals surface area contributed by atoms with E-state index in [4.69, 9.17) is 4.74 Å². The van der Waals surface area contributed by atoms with Gasteiger partial charge in [0.05, 0.1) is 6.61 Å². The number of alkyl halides is 3. The van der Waals surface area contributed by atoms with Crippen molar-refractivity contribution < 1.29 is 27.0 Å². The molecule has 0 N–H and O–H groups in total. The van der Waals surface area contributed by atoms with Crippen LogP contribution >= 0.6 is 0 Å². The first-order chi connectivity index (χ1) is 13.4. The summed E-state index contributed by atoms with van der Waals surface area (Å²) >= 11 is 0. The molecule has 1 aromatic carbocycles. The van der Waals surface area contributed by atoms with E-state index in [0.717, 1.165) is 19.3 Å². The zero-order chi connectivity index (χ0) is 20.0. The molecule has 0 saturated heterocycles. The molecular weight excluding hydrogens is 372 g/mol. The van der Waals surface area contributed by atoms with Gasteiger partial charge >= 0.3 is 6.36 Å². The van der Waals surface area contributed by atoms with Crippen molar-refractivity contribution in [3.8, 4) is 11.5 Å². The molecule has 1 aromatic rings. The number of hydrogen-bond acceptors (Lipinski definition) is 2. The van der Waals surface area contributed by atoms with Crippen LogP contribution in [0.5, 0.6) is 11.5 Å². The summed E-state index contributed by atoms with van der Waals surface area (Å²) in [6, 6.07) is 2.89. The van der Waals surface area contributed by atoms with Crippen LogP contribution in [0.25, 0.3) is 0 Å². The summed E-state index contributed by atoms with van der Waals surface area (Å²) < 4.78 is 62.4. The molecule has 0 heterocycles. The lowest BCUT2D eigenvalue weighted by Crippen LogP contribution is -2.20. The van der Waals surface area contributed by atoms with E-state index >= 15 is 0 Å². The summed E-state index contributed by atoms with van der Waals surface area (Å²) in [5.74, 6) is -0.867. The van der Waals surface area contributed by atoms with E-state index in [-0.39, 0.29) is 17.9 Å². The highest BCUT2D eigenvalue weighted by Gasteiger charge is 2.35. The average Bonchev–Trinajstić information content (AvgIpc) is 3.10. The Hall–Kier alpha value is -1.72. The highest BCUT2D eigenvalue weighted by molar-refractivity contribution is 5.45. The van der Waals surface area contributed by atoms with Crippen LogP contribution in [-0.2, 0) is 6.42 Å². The Kier molecular flexibility index (Phi) is 7.24. The van der Waals surface area contributed by atoms with Crippen LogP contribution in [0.4, 0.5) is 17.6 Å². The van der Waals surface area contributed by atoms with Crippen molar-refractivity contribution in [2.75, 3.05) is 6.61 Å². The van der Waals surface area contributed by atoms with Crippen LogP contribution in [0.2, 0.25) is 0 Å². The molecule has 2 saturated carbocycles. The first-order valence-electron chi connectivity index (χ1n) is 10.3. The van der Waals surface area contributed by atoms with E-state index in [0.29, 0.717) is 24.7 Å². The lowest BCUT2D eigenvalue weighted by atomic mass is 9.83. The molecule has 2 fully saturated rings. The summed E-state index contributed by atoms with van der Waals surface area (Å²) in [4.78, 5) is 0. The topological polar surface area (TPSA) is 18.5 Å². The van der Waals surface area contributed by atoms with Gasteiger partial charge in [-0.25, -0.2) is 4.39 Å². The Bertz CT molecular complexity index is 659. The summed E-state index contributed by atoms with van der Waals surface area (Å²) in [5, 5.41) is 0. The molecule has 0 unspecified atom stereocenters. The first kappa shape index (κ1) is 21.0. The molecule has 156 valence electrons. The number of rotatable bonds is 9. The van der Waals surface area contributed by atoms with Crippen molar-refractivity contribution in [3.63, 3.8) is 0 Å². The molecule has 2 nitrogen and oxygen atoms in total. The summed E-state index contributed by atoms with van der Waals surface area (Å²) in [5.41, 5.74) is 0.210.